The minimum Gasteiger partial charge on any atom is -0.273 e. The monoisotopic (exact) mass is 321 g/mol. The van der Waals surface area contributed by atoms with Crippen LogP contribution in [0.15, 0.2) is 24.3 Å². The van der Waals surface area contributed by atoms with Crippen LogP contribution in [-0.4, -0.2) is 16.7 Å². The van der Waals surface area contributed by atoms with Crippen LogP contribution in [0.3, 0.4) is 0 Å². The standard InChI is InChI=1S/C16H23N3O4/c1-2-3-4-5-6-7-12-15(20)17-18-16(21)13-10-8-9-11-14(13)19(22)23/h8-11H,2-7,12H2,1H3,(H,17,20)(H,18,21). The van der Waals surface area contributed by atoms with Gasteiger partial charge in [-0.15, -0.1) is 0 Å². The molecule has 0 aliphatic rings. The fourth-order valence-electron chi connectivity index (χ4n) is 2.15. The Labute approximate surface area is 135 Å². The molecule has 0 bridgehead atoms. The Morgan fingerprint density at radius 3 is 2.39 bits per heavy atom. The van der Waals surface area contributed by atoms with Crippen LogP contribution < -0.4 is 10.9 Å². The molecule has 1 aromatic rings. The van der Waals surface area contributed by atoms with Crippen LogP contribution in [0.5, 0.6) is 0 Å². The lowest BCUT2D eigenvalue weighted by Crippen LogP contribution is -2.41. The van der Waals surface area contributed by atoms with Gasteiger partial charge in [0.05, 0.1) is 4.92 Å². The topological polar surface area (TPSA) is 101 Å². The molecule has 126 valence electrons. The lowest BCUT2D eigenvalue weighted by atomic mass is 10.1. The summed E-state index contributed by atoms with van der Waals surface area (Å²) in [7, 11) is 0. The molecule has 23 heavy (non-hydrogen) atoms. The molecule has 0 aromatic heterocycles. The van der Waals surface area contributed by atoms with E-state index in [-0.39, 0.29) is 17.2 Å². The van der Waals surface area contributed by atoms with Crippen molar-refractivity contribution in [3.05, 3.63) is 39.9 Å². The average molecular weight is 321 g/mol. The van der Waals surface area contributed by atoms with Gasteiger partial charge in [-0.1, -0.05) is 51.2 Å². The quantitative estimate of drug-likeness (QED) is 0.414. The van der Waals surface area contributed by atoms with Crippen LogP contribution in [0.1, 0.15) is 62.2 Å². The summed E-state index contributed by atoms with van der Waals surface area (Å²) in [4.78, 5) is 33.7. The maximum Gasteiger partial charge on any atom is 0.282 e. The Kier molecular flexibility index (Phi) is 8.34. The van der Waals surface area contributed by atoms with Crippen molar-refractivity contribution in [3.63, 3.8) is 0 Å². The summed E-state index contributed by atoms with van der Waals surface area (Å²) >= 11 is 0. The van der Waals surface area contributed by atoms with Gasteiger partial charge < -0.3 is 0 Å². The molecule has 7 nitrogen and oxygen atoms in total. The van der Waals surface area contributed by atoms with Gasteiger partial charge in [0.2, 0.25) is 5.91 Å². The van der Waals surface area contributed by atoms with E-state index in [1.54, 1.807) is 0 Å². The Balaban J connectivity index is 2.33. The normalized spacial score (nSPS) is 10.1. The molecule has 1 rings (SSSR count). The molecule has 0 aliphatic heterocycles. The summed E-state index contributed by atoms with van der Waals surface area (Å²) < 4.78 is 0. The summed E-state index contributed by atoms with van der Waals surface area (Å²) in [5.74, 6) is -0.999. The molecule has 0 radical (unpaired) electrons. The minimum absolute atomic E-state index is 0.0858. The first kappa shape index (κ1) is 18.6. The Hall–Kier alpha value is -2.44. The second kappa shape index (κ2) is 10.3. The number of para-hydroxylation sites is 1. The largest absolute Gasteiger partial charge is 0.282 e. The molecular weight excluding hydrogens is 298 g/mol. The van der Waals surface area contributed by atoms with Crippen molar-refractivity contribution in [3.8, 4) is 0 Å². The van der Waals surface area contributed by atoms with E-state index in [2.05, 4.69) is 17.8 Å². The van der Waals surface area contributed by atoms with Gasteiger partial charge in [-0.2, -0.15) is 0 Å². The van der Waals surface area contributed by atoms with Crippen molar-refractivity contribution >= 4 is 17.5 Å². The summed E-state index contributed by atoms with van der Waals surface area (Å²) in [6.45, 7) is 2.15. The maximum absolute atomic E-state index is 11.9. The van der Waals surface area contributed by atoms with Gasteiger partial charge in [-0.05, 0) is 12.5 Å². The van der Waals surface area contributed by atoms with Crippen LogP contribution in [0.2, 0.25) is 0 Å². The number of hydrogen-bond donors (Lipinski definition) is 2. The highest BCUT2D eigenvalue weighted by atomic mass is 16.6. The van der Waals surface area contributed by atoms with E-state index in [0.717, 1.165) is 19.3 Å². The van der Waals surface area contributed by atoms with Crippen molar-refractivity contribution in [1.29, 1.82) is 0 Å². The number of amides is 2. The summed E-state index contributed by atoms with van der Waals surface area (Å²) in [5.41, 5.74) is 4.12. The molecule has 1 aromatic carbocycles. The molecule has 0 fully saturated rings. The van der Waals surface area contributed by atoms with Gasteiger partial charge in [-0.3, -0.25) is 30.6 Å². The van der Waals surface area contributed by atoms with Crippen LogP contribution in [0.4, 0.5) is 5.69 Å². The number of carbonyl (C=O) groups is 2. The zero-order valence-electron chi connectivity index (χ0n) is 13.3. The lowest BCUT2D eigenvalue weighted by molar-refractivity contribution is -0.385. The van der Waals surface area contributed by atoms with E-state index in [0.29, 0.717) is 6.42 Å². The van der Waals surface area contributed by atoms with Crippen molar-refractivity contribution in [2.24, 2.45) is 0 Å². The molecule has 7 heteroatoms. The highest BCUT2D eigenvalue weighted by Gasteiger charge is 2.19. The van der Waals surface area contributed by atoms with Gasteiger partial charge in [0.15, 0.2) is 0 Å². The SMILES string of the molecule is CCCCCCCCC(=O)NNC(=O)c1ccccc1[N+](=O)[O-]. The number of benzene rings is 1. The third-order valence-corrected chi connectivity index (χ3v) is 3.42. The number of rotatable bonds is 9. The molecule has 2 amide bonds. The first-order valence-corrected chi connectivity index (χ1v) is 7.89. The number of nitro groups is 1. The lowest BCUT2D eigenvalue weighted by Gasteiger charge is -2.07. The van der Waals surface area contributed by atoms with Crippen LogP contribution in [-0.2, 0) is 4.79 Å². The van der Waals surface area contributed by atoms with Gasteiger partial charge in [-0.25, -0.2) is 0 Å². The van der Waals surface area contributed by atoms with Crippen molar-refractivity contribution < 1.29 is 14.5 Å². The second-order valence-corrected chi connectivity index (χ2v) is 5.29. The van der Waals surface area contributed by atoms with Gasteiger partial charge in [0.1, 0.15) is 5.56 Å². The second-order valence-electron chi connectivity index (χ2n) is 5.29. The zero-order chi connectivity index (χ0) is 17.1. The fourth-order valence-corrected chi connectivity index (χ4v) is 2.15. The molecule has 0 saturated carbocycles. The van der Waals surface area contributed by atoms with Gasteiger partial charge >= 0.3 is 0 Å². The first-order valence-electron chi connectivity index (χ1n) is 7.89. The van der Waals surface area contributed by atoms with Gasteiger partial charge in [0, 0.05) is 12.5 Å². The molecule has 0 aliphatic carbocycles. The first-order chi connectivity index (χ1) is 11.1. The highest BCUT2D eigenvalue weighted by molar-refractivity contribution is 5.98. The number of nitrogens with one attached hydrogen (secondary N) is 2. The highest BCUT2D eigenvalue weighted by Crippen LogP contribution is 2.16. The summed E-state index contributed by atoms with van der Waals surface area (Å²) in [6, 6.07) is 5.59. The Morgan fingerprint density at radius 2 is 1.70 bits per heavy atom. The molecule has 2 N–H and O–H groups in total. The number of hydrogen-bond acceptors (Lipinski definition) is 4. The van der Waals surface area contributed by atoms with E-state index in [4.69, 9.17) is 0 Å². The van der Waals surface area contributed by atoms with Crippen LogP contribution >= 0.6 is 0 Å². The van der Waals surface area contributed by atoms with Crippen LogP contribution in [0, 0.1) is 10.1 Å². The van der Waals surface area contributed by atoms with E-state index in [1.165, 1.54) is 43.5 Å². The Bertz CT molecular complexity index is 546. The molecular formula is C16H23N3O4. The average Bonchev–Trinajstić information content (AvgIpc) is 2.55. The molecule has 0 unspecified atom stereocenters. The van der Waals surface area contributed by atoms with Crippen LogP contribution in [0.25, 0.3) is 0 Å². The number of unbranched alkanes of at least 4 members (excludes halogenated alkanes) is 5. The van der Waals surface area contributed by atoms with Gasteiger partial charge in [0.25, 0.3) is 11.6 Å². The van der Waals surface area contributed by atoms with E-state index in [1.807, 2.05) is 0 Å². The molecule has 0 atom stereocenters. The van der Waals surface area contributed by atoms with E-state index in [9.17, 15) is 19.7 Å². The van der Waals surface area contributed by atoms with Crippen molar-refractivity contribution in [1.82, 2.24) is 10.9 Å². The summed E-state index contributed by atoms with van der Waals surface area (Å²) in [5, 5.41) is 10.9. The summed E-state index contributed by atoms with van der Waals surface area (Å²) in [6.07, 6.45) is 6.72. The molecule has 0 saturated heterocycles. The van der Waals surface area contributed by atoms with Crippen molar-refractivity contribution in [2.75, 3.05) is 0 Å². The molecule has 0 spiro atoms. The van der Waals surface area contributed by atoms with Crippen molar-refractivity contribution in [2.45, 2.75) is 51.9 Å². The number of carbonyl (C=O) groups excluding carboxylic acids is 2. The predicted octanol–water partition coefficient (Wildman–Crippen LogP) is 3.11. The third kappa shape index (κ3) is 6.90. The third-order valence-electron chi connectivity index (χ3n) is 3.42. The molecule has 0 heterocycles. The number of nitrogens with zero attached hydrogens (tertiary/aromatic N) is 1. The maximum atomic E-state index is 11.9. The number of nitro benzene ring substituents is 1. The minimum atomic E-state index is -0.700. The smallest absolute Gasteiger partial charge is 0.273 e. The van der Waals surface area contributed by atoms with E-state index >= 15 is 0 Å². The Morgan fingerprint density at radius 1 is 1.04 bits per heavy atom. The fraction of sp³-hybridized carbons (Fsp3) is 0.500. The predicted molar refractivity (Wildman–Crippen MR) is 86.7 cm³/mol. The van der Waals surface area contributed by atoms with E-state index < -0.39 is 10.8 Å². The number of hydrazine groups is 1. The zero-order valence-corrected chi connectivity index (χ0v) is 13.3.